The first-order valence-electron chi connectivity index (χ1n) is 5.44. The smallest absolute Gasteiger partial charge is 0.159 e. The van der Waals surface area contributed by atoms with Gasteiger partial charge < -0.3 is 5.11 Å². The third-order valence-corrected chi connectivity index (χ3v) is 2.59. The first-order chi connectivity index (χ1) is 8.83. The topological polar surface area (TPSA) is 74.7 Å². The molecule has 0 amide bonds. The molecule has 18 heavy (non-hydrogen) atoms. The fraction of sp³-hybridized carbons (Fsp3) is 0. The Morgan fingerprint density at radius 2 is 1.56 bits per heavy atom. The molecule has 0 atom stereocenters. The number of nitrogens with zero attached hydrogens (tertiary/aromatic N) is 3. The number of aromatic amines is 1. The van der Waals surface area contributed by atoms with Gasteiger partial charge in [0.1, 0.15) is 0 Å². The first kappa shape index (κ1) is 10.5. The molecule has 0 radical (unpaired) electrons. The van der Waals surface area contributed by atoms with Gasteiger partial charge in [-0.15, -0.1) is 0 Å². The van der Waals surface area contributed by atoms with E-state index in [0.717, 1.165) is 16.8 Å². The second-order valence-corrected chi connectivity index (χ2v) is 3.81. The highest BCUT2D eigenvalue weighted by atomic mass is 16.3. The van der Waals surface area contributed by atoms with Gasteiger partial charge in [0.25, 0.3) is 0 Å². The highest BCUT2D eigenvalue weighted by Gasteiger charge is 2.03. The molecular formula is C13H10N4O. The van der Waals surface area contributed by atoms with Gasteiger partial charge in [-0.2, -0.15) is 5.10 Å². The molecule has 0 bridgehead atoms. The Labute approximate surface area is 103 Å². The number of rotatable bonds is 2. The zero-order valence-electron chi connectivity index (χ0n) is 9.41. The van der Waals surface area contributed by atoms with Crippen molar-refractivity contribution >= 4 is 0 Å². The van der Waals surface area contributed by atoms with Crippen LogP contribution in [-0.2, 0) is 0 Å². The molecule has 88 valence electrons. The zero-order valence-corrected chi connectivity index (χ0v) is 9.41. The van der Waals surface area contributed by atoms with Crippen LogP contribution in [0, 0.1) is 0 Å². The lowest BCUT2D eigenvalue weighted by atomic mass is 10.1. The molecule has 0 fully saturated rings. The summed E-state index contributed by atoms with van der Waals surface area (Å²) in [6.45, 7) is 0. The van der Waals surface area contributed by atoms with E-state index in [1.807, 2.05) is 30.3 Å². The summed E-state index contributed by atoms with van der Waals surface area (Å²) in [5.41, 5.74) is 2.92. The van der Waals surface area contributed by atoms with Crippen LogP contribution < -0.4 is 0 Å². The molecule has 0 unspecified atom stereocenters. The summed E-state index contributed by atoms with van der Waals surface area (Å²) in [4.78, 5) is 8.12. The van der Waals surface area contributed by atoms with Crippen molar-refractivity contribution in [2.45, 2.75) is 0 Å². The first-order valence-corrected chi connectivity index (χ1v) is 5.44. The predicted molar refractivity (Wildman–Crippen MR) is 66.7 cm³/mol. The Hall–Kier alpha value is -2.69. The minimum absolute atomic E-state index is 0.0628. The quantitative estimate of drug-likeness (QED) is 0.718. The van der Waals surface area contributed by atoms with Crippen LogP contribution in [-0.4, -0.2) is 25.3 Å². The van der Waals surface area contributed by atoms with Gasteiger partial charge in [0.05, 0.1) is 18.1 Å². The molecule has 0 aliphatic carbocycles. The van der Waals surface area contributed by atoms with Crippen molar-refractivity contribution in [3.05, 3.63) is 48.9 Å². The predicted octanol–water partition coefficient (Wildman–Crippen LogP) is 2.24. The van der Waals surface area contributed by atoms with Gasteiger partial charge in [-0.3, -0.25) is 5.10 Å². The summed E-state index contributed by atoms with van der Waals surface area (Å²) in [7, 11) is 0. The number of hydrogen-bond donors (Lipinski definition) is 2. The fourth-order valence-electron chi connectivity index (χ4n) is 1.69. The van der Waals surface area contributed by atoms with E-state index >= 15 is 0 Å². The highest BCUT2D eigenvalue weighted by Crippen LogP contribution is 2.21. The summed E-state index contributed by atoms with van der Waals surface area (Å²) in [5, 5.41) is 16.0. The Morgan fingerprint density at radius 3 is 2.17 bits per heavy atom. The average Bonchev–Trinajstić information content (AvgIpc) is 2.94. The molecule has 5 heteroatoms. The summed E-state index contributed by atoms with van der Waals surface area (Å²) in [5.74, 6) is 0.650. The molecule has 2 N–H and O–H groups in total. The lowest BCUT2D eigenvalue weighted by Crippen LogP contribution is -1.87. The monoisotopic (exact) mass is 238 g/mol. The van der Waals surface area contributed by atoms with Crippen molar-refractivity contribution < 1.29 is 5.11 Å². The number of hydrogen-bond acceptors (Lipinski definition) is 4. The molecule has 2 aromatic heterocycles. The zero-order chi connectivity index (χ0) is 12.4. The third-order valence-electron chi connectivity index (χ3n) is 2.59. The lowest BCUT2D eigenvalue weighted by molar-refractivity contribution is 0.470. The highest BCUT2D eigenvalue weighted by molar-refractivity contribution is 5.64. The SMILES string of the molecule is Oc1cnc(-c2ccc(-c3ccn[nH]3)cc2)nc1. The number of H-pyrrole nitrogens is 1. The Bertz CT molecular complexity index is 630. The minimum Gasteiger partial charge on any atom is -0.505 e. The van der Waals surface area contributed by atoms with Crippen molar-refractivity contribution in [3.8, 4) is 28.4 Å². The molecule has 0 aliphatic heterocycles. The molecule has 2 heterocycles. The van der Waals surface area contributed by atoms with Crippen LogP contribution in [0.1, 0.15) is 0 Å². The summed E-state index contributed by atoms with van der Waals surface area (Å²) in [6, 6.07) is 9.72. The summed E-state index contributed by atoms with van der Waals surface area (Å²) >= 11 is 0. The lowest BCUT2D eigenvalue weighted by Gasteiger charge is -2.01. The Kier molecular flexibility index (Phi) is 2.49. The molecule has 0 saturated carbocycles. The van der Waals surface area contributed by atoms with Gasteiger partial charge >= 0.3 is 0 Å². The number of nitrogens with one attached hydrogen (secondary N) is 1. The normalized spacial score (nSPS) is 10.4. The van der Waals surface area contributed by atoms with Crippen molar-refractivity contribution in [3.63, 3.8) is 0 Å². The molecule has 0 aliphatic rings. The van der Waals surface area contributed by atoms with Gasteiger partial charge in [-0.25, -0.2) is 9.97 Å². The Morgan fingerprint density at radius 1 is 0.889 bits per heavy atom. The average molecular weight is 238 g/mol. The number of aromatic hydroxyl groups is 1. The summed E-state index contributed by atoms with van der Waals surface area (Å²) < 4.78 is 0. The van der Waals surface area contributed by atoms with E-state index in [1.54, 1.807) is 6.20 Å². The van der Waals surface area contributed by atoms with Crippen LogP contribution >= 0.6 is 0 Å². The van der Waals surface area contributed by atoms with E-state index in [9.17, 15) is 0 Å². The van der Waals surface area contributed by atoms with Gasteiger partial charge in [0.15, 0.2) is 11.6 Å². The minimum atomic E-state index is 0.0628. The Balaban J connectivity index is 1.94. The van der Waals surface area contributed by atoms with E-state index in [-0.39, 0.29) is 5.75 Å². The van der Waals surface area contributed by atoms with Crippen LogP contribution in [0.25, 0.3) is 22.6 Å². The molecule has 0 spiro atoms. The van der Waals surface area contributed by atoms with Gasteiger partial charge in [-0.05, 0) is 11.6 Å². The van der Waals surface area contributed by atoms with Crippen LogP contribution in [0.5, 0.6) is 5.75 Å². The van der Waals surface area contributed by atoms with E-state index in [1.165, 1.54) is 12.4 Å². The second-order valence-electron chi connectivity index (χ2n) is 3.81. The maximum atomic E-state index is 9.14. The number of benzene rings is 1. The van der Waals surface area contributed by atoms with Crippen LogP contribution in [0.15, 0.2) is 48.9 Å². The third kappa shape index (κ3) is 1.93. The van der Waals surface area contributed by atoms with E-state index in [4.69, 9.17) is 5.11 Å². The fourth-order valence-corrected chi connectivity index (χ4v) is 1.69. The van der Waals surface area contributed by atoms with Crippen molar-refractivity contribution in [1.29, 1.82) is 0 Å². The maximum Gasteiger partial charge on any atom is 0.159 e. The standard InChI is InChI=1S/C13H10N4O/c18-11-7-14-13(15-8-11)10-3-1-9(2-4-10)12-5-6-16-17-12/h1-8,18H,(H,16,17). The van der Waals surface area contributed by atoms with Gasteiger partial charge in [0.2, 0.25) is 0 Å². The van der Waals surface area contributed by atoms with Crippen LogP contribution in [0.4, 0.5) is 0 Å². The van der Waals surface area contributed by atoms with E-state index in [2.05, 4.69) is 20.2 Å². The van der Waals surface area contributed by atoms with Crippen LogP contribution in [0.2, 0.25) is 0 Å². The molecule has 3 rings (SSSR count). The molecule has 5 nitrogen and oxygen atoms in total. The number of aromatic nitrogens is 4. The molecule has 3 aromatic rings. The second kappa shape index (κ2) is 4.29. The largest absolute Gasteiger partial charge is 0.505 e. The maximum absolute atomic E-state index is 9.14. The van der Waals surface area contributed by atoms with E-state index < -0.39 is 0 Å². The van der Waals surface area contributed by atoms with Crippen molar-refractivity contribution in [2.24, 2.45) is 0 Å². The molecular weight excluding hydrogens is 228 g/mol. The van der Waals surface area contributed by atoms with Gasteiger partial charge in [-0.1, -0.05) is 24.3 Å². The molecule has 0 saturated heterocycles. The van der Waals surface area contributed by atoms with Crippen LogP contribution in [0.3, 0.4) is 0 Å². The van der Waals surface area contributed by atoms with Crippen molar-refractivity contribution in [2.75, 3.05) is 0 Å². The van der Waals surface area contributed by atoms with Gasteiger partial charge in [0, 0.05) is 11.8 Å². The molecule has 1 aromatic carbocycles. The van der Waals surface area contributed by atoms with E-state index in [0.29, 0.717) is 5.82 Å². The van der Waals surface area contributed by atoms with Crippen molar-refractivity contribution in [1.82, 2.24) is 20.2 Å². The summed E-state index contributed by atoms with van der Waals surface area (Å²) in [6.07, 6.45) is 4.47.